The minimum absolute atomic E-state index is 0.336. The SMILES string of the molecule is CCCCC(CC)COc1c2cc(-c3scc(F)c3F)sc2c(OCC(CC)CCCC)c2ccsc12. The van der Waals surface area contributed by atoms with E-state index in [1.54, 1.807) is 11.3 Å². The highest BCUT2D eigenvalue weighted by Crippen LogP contribution is 2.51. The Labute approximate surface area is 231 Å². The Hall–Kier alpha value is -1.70. The van der Waals surface area contributed by atoms with Gasteiger partial charge in [-0.1, -0.05) is 66.2 Å². The van der Waals surface area contributed by atoms with Crippen LogP contribution >= 0.6 is 34.0 Å². The van der Waals surface area contributed by atoms with Crippen molar-refractivity contribution in [3.05, 3.63) is 34.5 Å². The predicted molar refractivity (Wildman–Crippen MR) is 158 cm³/mol. The number of thiophene rings is 3. The highest BCUT2D eigenvalue weighted by atomic mass is 32.1. The molecule has 0 saturated heterocycles. The van der Waals surface area contributed by atoms with Crippen LogP contribution in [0.1, 0.15) is 79.1 Å². The van der Waals surface area contributed by atoms with Gasteiger partial charge in [0.1, 0.15) is 11.5 Å². The van der Waals surface area contributed by atoms with E-state index in [0.29, 0.717) is 34.8 Å². The van der Waals surface area contributed by atoms with Crippen LogP contribution in [0.3, 0.4) is 0 Å². The first-order valence-electron chi connectivity index (χ1n) is 13.7. The van der Waals surface area contributed by atoms with Crippen LogP contribution in [0.25, 0.3) is 29.9 Å². The normalized spacial score (nSPS) is 13.5. The number of benzene rings is 1. The molecule has 1 aromatic carbocycles. The second-order valence-electron chi connectivity index (χ2n) is 9.86. The number of hydrogen-bond donors (Lipinski definition) is 0. The van der Waals surface area contributed by atoms with Crippen LogP contribution in [0.15, 0.2) is 22.9 Å². The molecule has 37 heavy (non-hydrogen) atoms. The third-order valence-corrected chi connectivity index (χ3v) is 10.4. The number of hydrogen-bond acceptors (Lipinski definition) is 5. The zero-order valence-electron chi connectivity index (χ0n) is 22.3. The van der Waals surface area contributed by atoms with E-state index in [4.69, 9.17) is 9.47 Å². The molecule has 0 aliphatic heterocycles. The van der Waals surface area contributed by atoms with Gasteiger partial charge in [0.05, 0.1) is 27.5 Å². The monoisotopic (exact) mass is 564 g/mol. The van der Waals surface area contributed by atoms with E-state index in [-0.39, 0.29) is 0 Å². The molecule has 2 atom stereocenters. The average Bonchev–Trinajstić information content (AvgIpc) is 3.64. The van der Waals surface area contributed by atoms with Gasteiger partial charge in [0.15, 0.2) is 11.6 Å². The van der Waals surface area contributed by atoms with Crippen LogP contribution in [-0.2, 0) is 0 Å². The van der Waals surface area contributed by atoms with Crippen molar-refractivity contribution in [3.63, 3.8) is 0 Å². The van der Waals surface area contributed by atoms with Crippen molar-refractivity contribution in [3.8, 4) is 21.3 Å². The van der Waals surface area contributed by atoms with Crippen LogP contribution < -0.4 is 9.47 Å². The maximum absolute atomic E-state index is 14.6. The molecule has 4 aromatic rings. The van der Waals surface area contributed by atoms with Crippen molar-refractivity contribution in [1.29, 1.82) is 0 Å². The number of ether oxygens (including phenoxy) is 2. The van der Waals surface area contributed by atoms with Gasteiger partial charge >= 0.3 is 0 Å². The molecule has 7 heteroatoms. The standard InChI is InChI=1S/C30H38F2O2S3/c1-5-9-11-19(7-3)16-33-26-21-13-14-35-28(21)27(34-17-20(8-4)12-10-6-2)22-15-24(37-29(22)26)30-25(32)23(31)18-36-30/h13-15,18-20H,5-12,16-17H2,1-4H3. The lowest BCUT2D eigenvalue weighted by Gasteiger charge is -2.19. The first-order valence-corrected chi connectivity index (χ1v) is 16.2. The molecule has 0 aliphatic rings. The van der Waals surface area contributed by atoms with Gasteiger partial charge in [-0.25, -0.2) is 8.78 Å². The fourth-order valence-electron chi connectivity index (χ4n) is 4.72. The summed E-state index contributed by atoms with van der Waals surface area (Å²) in [5, 5.41) is 5.31. The Morgan fingerprint density at radius 1 is 0.811 bits per heavy atom. The molecule has 3 aromatic heterocycles. The van der Waals surface area contributed by atoms with Gasteiger partial charge in [0, 0.05) is 21.0 Å². The molecule has 0 spiro atoms. The van der Waals surface area contributed by atoms with Crippen molar-refractivity contribution in [2.75, 3.05) is 13.2 Å². The molecule has 202 valence electrons. The van der Waals surface area contributed by atoms with Crippen LogP contribution in [-0.4, -0.2) is 13.2 Å². The van der Waals surface area contributed by atoms with Crippen molar-refractivity contribution in [2.24, 2.45) is 11.8 Å². The molecule has 0 fully saturated rings. The molecular weight excluding hydrogens is 527 g/mol. The molecule has 0 aliphatic carbocycles. The van der Waals surface area contributed by atoms with Gasteiger partial charge in [-0.15, -0.1) is 34.0 Å². The minimum atomic E-state index is -0.796. The molecule has 2 nitrogen and oxygen atoms in total. The Balaban J connectivity index is 1.78. The number of fused-ring (bicyclic) bond motifs is 2. The molecular formula is C30H38F2O2S3. The molecule has 0 bridgehead atoms. The maximum atomic E-state index is 14.6. The van der Waals surface area contributed by atoms with E-state index >= 15 is 0 Å². The summed E-state index contributed by atoms with van der Waals surface area (Å²) in [5.74, 6) is 1.10. The summed E-state index contributed by atoms with van der Waals surface area (Å²) >= 11 is 4.23. The Kier molecular flexibility index (Phi) is 10.2. The summed E-state index contributed by atoms with van der Waals surface area (Å²) in [6.07, 6.45) is 9.18. The lowest BCUT2D eigenvalue weighted by molar-refractivity contribution is 0.235. The van der Waals surface area contributed by atoms with Crippen LogP contribution in [0.5, 0.6) is 11.5 Å². The van der Waals surface area contributed by atoms with Crippen molar-refractivity contribution in [1.82, 2.24) is 0 Å². The largest absolute Gasteiger partial charge is 0.491 e. The second-order valence-corrected chi connectivity index (χ2v) is 12.7. The zero-order chi connectivity index (χ0) is 26.4. The first-order chi connectivity index (χ1) is 18.0. The summed E-state index contributed by atoms with van der Waals surface area (Å²) < 4.78 is 43.7. The quantitative estimate of drug-likeness (QED) is 0.143. The van der Waals surface area contributed by atoms with Gasteiger partial charge in [0.2, 0.25) is 0 Å². The molecule has 0 N–H and O–H groups in total. The summed E-state index contributed by atoms with van der Waals surface area (Å²) in [7, 11) is 0. The molecule has 0 radical (unpaired) electrons. The van der Waals surface area contributed by atoms with E-state index in [1.807, 2.05) is 6.07 Å². The third kappa shape index (κ3) is 6.31. The van der Waals surface area contributed by atoms with Gasteiger partial charge in [-0.3, -0.25) is 0 Å². The Bertz CT molecular complexity index is 1220. The van der Waals surface area contributed by atoms with E-state index in [2.05, 4.69) is 39.1 Å². The Morgan fingerprint density at radius 3 is 1.97 bits per heavy atom. The fraction of sp³-hybridized carbons (Fsp3) is 0.533. The molecule has 0 saturated carbocycles. The van der Waals surface area contributed by atoms with Crippen molar-refractivity contribution >= 4 is 54.2 Å². The zero-order valence-corrected chi connectivity index (χ0v) is 24.8. The highest BCUT2D eigenvalue weighted by molar-refractivity contribution is 7.26. The topological polar surface area (TPSA) is 18.5 Å². The van der Waals surface area contributed by atoms with E-state index in [0.717, 1.165) is 68.7 Å². The average molecular weight is 565 g/mol. The minimum Gasteiger partial charge on any atom is -0.491 e. The summed E-state index contributed by atoms with van der Waals surface area (Å²) in [6, 6.07) is 4.07. The van der Waals surface area contributed by atoms with E-state index in [9.17, 15) is 8.78 Å². The number of unbranched alkanes of at least 4 members (excludes halogenated alkanes) is 2. The van der Waals surface area contributed by atoms with Crippen LogP contribution in [0, 0.1) is 23.5 Å². The number of rotatable bonds is 15. The van der Waals surface area contributed by atoms with Crippen LogP contribution in [0.2, 0.25) is 0 Å². The molecule has 2 unspecified atom stereocenters. The molecule has 3 heterocycles. The summed E-state index contributed by atoms with van der Waals surface area (Å²) in [4.78, 5) is 1.05. The predicted octanol–water partition coefficient (Wildman–Crippen LogP) is 11.3. The Morgan fingerprint density at radius 2 is 1.43 bits per heavy atom. The van der Waals surface area contributed by atoms with Gasteiger partial charge in [0.25, 0.3) is 0 Å². The second kappa shape index (κ2) is 13.4. The molecule has 0 amide bonds. The lowest BCUT2D eigenvalue weighted by Crippen LogP contribution is -2.12. The van der Waals surface area contributed by atoms with E-state index < -0.39 is 11.6 Å². The third-order valence-electron chi connectivity index (χ3n) is 7.23. The summed E-state index contributed by atoms with van der Waals surface area (Å²) in [5.41, 5.74) is 0. The first kappa shape index (κ1) is 28.3. The summed E-state index contributed by atoms with van der Waals surface area (Å²) in [6.45, 7) is 10.2. The van der Waals surface area contributed by atoms with E-state index in [1.165, 1.54) is 42.4 Å². The lowest BCUT2D eigenvalue weighted by atomic mass is 10.0. The highest BCUT2D eigenvalue weighted by Gasteiger charge is 2.24. The van der Waals surface area contributed by atoms with Gasteiger partial charge in [-0.2, -0.15) is 0 Å². The van der Waals surface area contributed by atoms with Gasteiger partial charge in [-0.05, 0) is 42.2 Å². The van der Waals surface area contributed by atoms with Crippen LogP contribution in [0.4, 0.5) is 8.78 Å². The fourth-order valence-corrected chi connectivity index (χ4v) is 7.70. The number of halogens is 2. The molecule has 4 rings (SSSR count). The van der Waals surface area contributed by atoms with Crippen molar-refractivity contribution < 1.29 is 18.3 Å². The van der Waals surface area contributed by atoms with Crippen molar-refractivity contribution in [2.45, 2.75) is 79.1 Å². The van der Waals surface area contributed by atoms with Gasteiger partial charge < -0.3 is 9.47 Å². The maximum Gasteiger partial charge on any atom is 0.178 e. The smallest absolute Gasteiger partial charge is 0.178 e.